The van der Waals surface area contributed by atoms with Crippen molar-refractivity contribution in [1.82, 2.24) is 0 Å². The van der Waals surface area contributed by atoms with Crippen molar-refractivity contribution in [3.8, 4) is 0 Å². The van der Waals surface area contributed by atoms with Crippen LogP contribution in [-0.2, 0) is 9.59 Å². The molecule has 0 amide bonds. The first-order valence-corrected chi connectivity index (χ1v) is 8.44. The predicted molar refractivity (Wildman–Crippen MR) is 78.7 cm³/mol. The molecule has 10 heteroatoms. The fourth-order valence-electron chi connectivity index (χ4n) is 5.40. The molecule has 20 heavy (non-hydrogen) atoms. The van der Waals surface area contributed by atoms with Gasteiger partial charge in [0.05, 0.1) is 0 Å². The summed E-state index contributed by atoms with van der Waals surface area (Å²) in [7, 11) is 0. The van der Waals surface area contributed by atoms with Gasteiger partial charge in [-0.15, -0.1) is 92.8 Å². The first-order valence-electron chi connectivity index (χ1n) is 5.42. The van der Waals surface area contributed by atoms with E-state index in [1.54, 1.807) is 0 Å². The van der Waals surface area contributed by atoms with E-state index in [1.807, 2.05) is 0 Å². The molecule has 0 aromatic heterocycles. The zero-order chi connectivity index (χ0) is 15.2. The number of rotatable bonds is 0. The molecule has 0 aromatic carbocycles. The van der Waals surface area contributed by atoms with Gasteiger partial charge in [-0.2, -0.15) is 0 Å². The summed E-state index contributed by atoms with van der Waals surface area (Å²) in [6.45, 7) is 0. The highest BCUT2D eigenvalue weighted by Crippen LogP contribution is 3.06. The molecule has 6 aliphatic rings. The van der Waals surface area contributed by atoms with Gasteiger partial charge in [0.1, 0.15) is 19.5 Å². The maximum Gasteiger partial charge on any atom is 0.182 e. The Kier molecular flexibility index (Phi) is 1.81. The first kappa shape index (κ1) is 14.0. The lowest BCUT2D eigenvalue weighted by Crippen LogP contribution is -3.07. The van der Waals surface area contributed by atoms with E-state index >= 15 is 0 Å². The van der Waals surface area contributed by atoms with Crippen molar-refractivity contribution in [3.63, 3.8) is 0 Å². The van der Waals surface area contributed by atoms with E-state index in [1.165, 1.54) is 0 Å². The van der Waals surface area contributed by atoms with Gasteiger partial charge in [-0.1, -0.05) is 0 Å². The van der Waals surface area contributed by atoms with E-state index in [-0.39, 0.29) is 0 Å². The summed E-state index contributed by atoms with van der Waals surface area (Å²) in [6.07, 6.45) is 0. The molecular formula is C10Cl8O2. The molecule has 0 N–H and O–H groups in total. The predicted octanol–water partition coefficient (Wildman–Crippen LogP) is 3.01. The van der Waals surface area contributed by atoms with E-state index in [9.17, 15) is 9.59 Å². The molecule has 108 valence electrons. The van der Waals surface area contributed by atoms with Gasteiger partial charge in [0.2, 0.25) is 0 Å². The molecule has 2 nitrogen and oxygen atoms in total. The third-order valence-corrected chi connectivity index (χ3v) is 13.3. The van der Waals surface area contributed by atoms with E-state index in [0.717, 1.165) is 0 Å². The quantitative estimate of drug-likeness (QED) is 0.548. The molecule has 6 saturated carbocycles. The second kappa shape index (κ2) is 2.58. The highest BCUT2D eigenvalue weighted by Gasteiger charge is 3.29. The Morgan fingerprint density at radius 2 is 0.700 bits per heavy atom. The molecule has 0 radical (unpaired) electrons. The van der Waals surface area contributed by atoms with Gasteiger partial charge < -0.3 is 0 Å². The smallest absolute Gasteiger partial charge is 0.182 e. The van der Waals surface area contributed by atoms with Gasteiger partial charge in [0, 0.05) is 0 Å². The minimum atomic E-state index is -2.08. The molecule has 0 unspecified atom stereocenters. The number of hydrogen-bond acceptors (Lipinski definition) is 2. The molecule has 6 rings (SSSR count). The van der Waals surface area contributed by atoms with Crippen LogP contribution < -0.4 is 0 Å². The van der Waals surface area contributed by atoms with E-state index < -0.39 is 50.6 Å². The molecule has 0 heterocycles. The second-order valence-corrected chi connectivity index (χ2v) is 10.5. The van der Waals surface area contributed by atoms with Crippen molar-refractivity contribution in [2.45, 2.75) is 39.0 Å². The van der Waals surface area contributed by atoms with Crippen molar-refractivity contribution >= 4 is 104 Å². The van der Waals surface area contributed by atoms with E-state index in [2.05, 4.69) is 0 Å². The van der Waals surface area contributed by atoms with Crippen LogP contribution in [0.4, 0.5) is 0 Å². The zero-order valence-corrected chi connectivity index (χ0v) is 14.9. The molecule has 8 atom stereocenters. The largest absolute Gasteiger partial charge is 0.295 e. The number of carbonyl (C=O) groups excluding carboxylic acids is 2. The molecule has 0 saturated heterocycles. The van der Waals surface area contributed by atoms with Gasteiger partial charge >= 0.3 is 0 Å². The second-order valence-electron chi connectivity index (χ2n) is 5.93. The Bertz CT molecular complexity index is 668. The maximum atomic E-state index is 12.7. The topological polar surface area (TPSA) is 34.1 Å². The Morgan fingerprint density at radius 3 is 0.950 bits per heavy atom. The number of ketones is 2. The lowest BCUT2D eigenvalue weighted by molar-refractivity contribution is -0.126. The Labute approximate surface area is 152 Å². The summed E-state index contributed by atoms with van der Waals surface area (Å²) in [4.78, 5) is 10.2. The lowest BCUT2D eigenvalue weighted by Gasteiger charge is -2.84. The van der Waals surface area contributed by atoms with Crippen LogP contribution in [0.5, 0.6) is 0 Å². The molecule has 6 fully saturated rings. The van der Waals surface area contributed by atoms with Crippen LogP contribution in [0.1, 0.15) is 0 Å². The maximum absolute atomic E-state index is 12.7. The fraction of sp³-hybridized carbons (Fsp3) is 0.800. The lowest BCUT2D eigenvalue weighted by atomic mass is 9.37. The Hall–Kier alpha value is 1.66. The monoisotopic (exact) mass is 432 g/mol. The highest BCUT2D eigenvalue weighted by molar-refractivity contribution is 6.84. The summed E-state index contributed by atoms with van der Waals surface area (Å²) in [6, 6.07) is 0. The number of Topliss-reactive ketones (excluding diaryl/α,β-unsaturated/α-hetero) is 2. The Morgan fingerprint density at radius 1 is 0.450 bits per heavy atom. The summed E-state index contributed by atoms with van der Waals surface area (Å²) in [5.41, 5.74) is 0. The Balaban J connectivity index is 2.11. The van der Waals surface area contributed by atoms with Gasteiger partial charge in [0.15, 0.2) is 31.1 Å². The van der Waals surface area contributed by atoms with Crippen molar-refractivity contribution in [3.05, 3.63) is 0 Å². The van der Waals surface area contributed by atoms with Crippen LogP contribution in [0.3, 0.4) is 0 Å². The number of alkyl halides is 8. The first-order chi connectivity index (χ1) is 8.81. The average molecular weight is 436 g/mol. The average Bonchev–Trinajstić information content (AvgIpc) is 2.66. The van der Waals surface area contributed by atoms with Crippen molar-refractivity contribution < 1.29 is 9.59 Å². The van der Waals surface area contributed by atoms with Crippen LogP contribution in [0.2, 0.25) is 0 Å². The van der Waals surface area contributed by atoms with Crippen LogP contribution in [0.15, 0.2) is 0 Å². The van der Waals surface area contributed by atoms with Crippen molar-refractivity contribution in [2.24, 2.45) is 0 Å². The molecule has 0 aliphatic heterocycles. The highest BCUT2D eigenvalue weighted by atomic mass is 35.5. The standard InChI is InChI=1S/C10Cl8O2/c11-3-1(19)5(13)8(16)4(3,12)2(20)6(14)7(3,15)9(5,17)10(6,8)18/t3-,4+,5+,6-,7+,8-,9-,10-/m1/s1. The normalized spacial score (nSPS) is 81.8. The number of carbonyl (C=O) groups is 2. The summed E-state index contributed by atoms with van der Waals surface area (Å²) in [5, 5.41) is 0. The van der Waals surface area contributed by atoms with Crippen LogP contribution in [0, 0.1) is 0 Å². The van der Waals surface area contributed by atoms with Gasteiger partial charge in [-0.05, 0) is 0 Å². The van der Waals surface area contributed by atoms with Gasteiger partial charge in [-0.25, -0.2) is 0 Å². The molecular weight excluding hydrogens is 436 g/mol. The SMILES string of the molecule is O=C1[C@@]2(Cl)[C@@]3(Cl)[C@@]4(Cl)C(=O)[C@]5(Cl)[C@](Cl)([C@]14Cl)[C@@]2(Cl)[C@@]53Cl. The zero-order valence-electron chi connectivity index (χ0n) is 8.84. The fourth-order valence-corrected chi connectivity index (χ4v) is 12.1. The summed E-state index contributed by atoms with van der Waals surface area (Å²) >= 11 is 51.6. The van der Waals surface area contributed by atoms with Gasteiger partial charge in [-0.3, -0.25) is 9.59 Å². The van der Waals surface area contributed by atoms with Gasteiger partial charge in [0.25, 0.3) is 0 Å². The molecule has 6 aliphatic carbocycles. The molecule has 4 bridgehead atoms. The van der Waals surface area contributed by atoms with Crippen molar-refractivity contribution in [1.29, 1.82) is 0 Å². The van der Waals surface area contributed by atoms with Crippen LogP contribution in [-0.4, -0.2) is 50.6 Å². The minimum Gasteiger partial charge on any atom is -0.295 e. The summed E-state index contributed by atoms with van der Waals surface area (Å²) < 4.78 is 0. The third kappa shape index (κ3) is 0.512. The van der Waals surface area contributed by atoms with E-state index in [0.29, 0.717) is 0 Å². The third-order valence-electron chi connectivity index (χ3n) is 6.00. The number of halogens is 8. The van der Waals surface area contributed by atoms with Crippen LogP contribution in [0.25, 0.3) is 0 Å². The minimum absolute atomic E-state index is 0.784. The number of hydrogen-bond donors (Lipinski definition) is 0. The van der Waals surface area contributed by atoms with Crippen molar-refractivity contribution in [2.75, 3.05) is 0 Å². The van der Waals surface area contributed by atoms with Crippen LogP contribution >= 0.6 is 92.8 Å². The molecule has 0 aromatic rings. The molecule has 0 spiro atoms. The van der Waals surface area contributed by atoms with E-state index in [4.69, 9.17) is 92.8 Å². The summed E-state index contributed by atoms with van der Waals surface area (Å²) in [5.74, 6) is -1.57.